The smallest absolute Gasteiger partial charge is 0.141 e. The van der Waals surface area contributed by atoms with Gasteiger partial charge in [-0.25, -0.2) is 4.39 Å². The molecule has 1 aliphatic carbocycles. The summed E-state index contributed by atoms with van der Waals surface area (Å²) in [5.41, 5.74) is 0.279. The number of rotatable bonds is 2. The van der Waals surface area contributed by atoms with Gasteiger partial charge in [-0.1, -0.05) is 24.6 Å². The van der Waals surface area contributed by atoms with Gasteiger partial charge in [0.05, 0.1) is 10.6 Å². The maximum atomic E-state index is 13.0. The first-order valence-electron chi connectivity index (χ1n) is 6.15. The molecule has 0 saturated heterocycles. The summed E-state index contributed by atoms with van der Waals surface area (Å²) in [5.74, 6) is 0.298. The average molecular weight is 257 g/mol. The highest BCUT2D eigenvalue weighted by Crippen LogP contribution is 2.34. The number of hydrogen-bond donors (Lipinski definition) is 1. The Kier molecular flexibility index (Phi) is 3.74. The van der Waals surface area contributed by atoms with Crippen LogP contribution in [0.3, 0.4) is 0 Å². The maximum absolute atomic E-state index is 13.0. The molecule has 1 aromatic carbocycles. The molecule has 2 rings (SSSR count). The summed E-state index contributed by atoms with van der Waals surface area (Å²) in [6, 6.07) is 4.69. The van der Waals surface area contributed by atoms with Crippen LogP contribution in [-0.2, 0) is 6.42 Å². The maximum Gasteiger partial charge on any atom is 0.141 e. The van der Waals surface area contributed by atoms with E-state index in [0.717, 1.165) is 31.2 Å². The van der Waals surface area contributed by atoms with Crippen LogP contribution < -0.4 is 0 Å². The van der Waals surface area contributed by atoms with Crippen molar-refractivity contribution in [3.8, 4) is 0 Å². The van der Waals surface area contributed by atoms with Crippen molar-refractivity contribution >= 4 is 11.6 Å². The second-order valence-corrected chi connectivity index (χ2v) is 5.74. The van der Waals surface area contributed by atoms with Crippen LogP contribution in [0.2, 0.25) is 5.02 Å². The monoisotopic (exact) mass is 256 g/mol. The lowest BCUT2D eigenvalue weighted by molar-refractivity contribution is -0.00668. The van der Waals surface area contributed by atoms with E-state index in [0.29, 0.717) is 12.3 Å². The van der Waals surface area contributed by atoms with Crippen molar-refractivity contribution in [2.45, 2.75) is 44.6 Å². The summed E-state index contributed by atoms with van der Waals surface area (Å²) in [6.45, 7) is 2.22. The van der Waals surface area contributed by atoms with Gasteiger partial charge in [0.1, 0.15) is 5.82 Å². The van der Waals surface area contributed by atoms with Gasteiger partial charge in [-0.3, -0.25) is 0 Å². The minimum absolute atomic E-state index is 0.135. The summed E-state index contributed by atoms with van der Waals surface area (Å²) in [7, 11) is 0. The van der Waals surface area contributed by atoms with E-state index >= 15 is 0 Å². The van der Waals surface area contributed by atoms with E-state index in [9.17, 15) is 9.50 Å². The second kappa shape index (κ2) is 4.95. The standard InChI is InChI=1S/C14H18ClFO/c1-10-4-6-14(17,7-5-10)9-11-2-3-13(16)12(15)8-11/h2-3,8,10,17H,4-7,9H2,1H3. The summed E-state index contributed by atoms with van der Waals surface area (Å²) < 4.78 is 13.0. The van der Waals surface area contributed by atoms with E-state index in [1.54, 1.807) is 12.1 Å². The number of halogens is 2. The third-order valence-electron chi connectivity index (χ3n) is 3.72. The van der Waals surface area contributed by atoms with Gasteiger partial charge in [0.15, 0.2) is 0 Å². The summed E-state index contributed by atoms with van der Waals surface area (Å²) in [6.07, 6.45) is 4.34. The van der Waals surface area contributed by atoms with Gasteiger partial charge >= 0.3 is 0 Å². The molecule has 0 amide bonds. The van der Waals surface area contributed by atoms with Gasteiger partial charge in [-0.15, -0.1) is 0 Å². The van der Waals surface area contributed by atoms with Crippen LogP contribution in [0.4, 0.5) is 4.39 Å². The Labute approximate surface area is 107 Å². The van der Waals surface area contributed by atoms with Crippen molar-refractivity contribution in [2.75, 3.05) is 0 Å². The molecule has 94 valence electrons. The predicted molar refractivity (Wildman–Crippen MR) is 67.7 cm³/mol. The molecule has 1 aliphatic rings. The minimum Gasteiger partial charge on any atom is -0.390 e. The van der Waals surface area contributed by atoms with E-state index in [4.69, 9.17) is 11.6 Å². The Morgan fingerprint density at radius 2 is 2.06 bits per heavy atom. The lowest BCUT2D eigenvalue weighted by Gasteiger charge is -2.35. The normalized spacial score (nSPS) is 29.3. The first kappa shape index (κ1) is 12.8. The van der Waals surface area contributed by atoms with E-state index in [1.807, 2.05) is 0 Å². The van der Waals surface area contributed by atoms with Gasteiger partial charge in [0.25, 0.3) is 0 Å². The summed E-state index contributed by atoms with van der Waals surface area (Å²) in [4.78, 5) is 0. The number of hydrogen-bond acceptors (Lipinski definition) is 1. The fourth-order valence-corrected chi connectivity index (χ4v) is 2.71. The molecule has 0 aliphatic heterocycles. The summed E-state index contributed by atoms with van der Waals surface area (Å²) >= 11 is 5.74. The van der Waals surface area contributed by atoms with Crippen molar-refractivity contribution in [1.82, 2.24) is 0 Å². The molecule has 0 aromatic heterocycles. The van der Waals surface area contributed by atoms with Crippen molar-refractivity contribution in [1.29, 1.82) is 0 Å². The Hall–Kier alpha value is -0.600. The molecular weight excluding hydrogens is 239 g/mol. The Balaban J connectivity index is 2.07. The first-order valence-corrected chi connectivity index (χ1v) is 6.53. The van der Waals surface area contributed by atoms with Crippen LogP contribution in [0.15, 0.2) is 18.2 Å². The van der Waals surface area contributed by atoms with Gasteiger partial charge in [-0.2, -0.15) is 0 Å². The zero-order valence-electron chi connectivity index (χ0n) is 10.0. The second-order valence-electron chi connectivity index (χ2n) is 5.33. The SMILES string of the molecule is CC1CCC(O)(Cc2ccc(F)c(Cl)c2)CC1. The van der Waals surface area contributed by atoms with Gasteiger partial charge in [0, 0.05) is 6.42 Å². The molecule has 0 spiro atoms. The highest BCUT2D eigenvalue weighted by molar-refractivity contribution is 6.30. The largest absolute Gasteiger partial charge is 0.390 e. The van der Waals surface area contributed by atoms with Crippen molar-refractivity contribution in [3.63, 3.8) is 0 Å². The van der Waals surface area contributed by atoms with Crippen LogP contribution in [0.5, 0.6) is 0 Å². The highest BCUT2D eigenvalue weighted by Gasteiger charge is 2.31. The minimum atomic E-state index is -0.631. The molecule has 3 heteroatoms. The van der Waals surface area contributed by atoms with Crippen molar-refractivity contribution in [2.24, 2.45) is 5.92 Å². The molecule has 0 heterocycles. The molecule has 1 nitrogen and oxygen atoms in total. The fourth-order valence-electron chi connectivity index (χ4n) is 2.51. The van der Waals surface area contributed by atoms with Crippen LogP contribution in [0, 0.1) is 11.7 Å². The molecule has 0 atom stereocenters. The van der Waals surface area contributed by atoms with Crippen LogP contribution >= 0.6 is 11.6 Å². The molecule has 1 aromatic rings. The van der Waals surface area contributed by atoms with Crippen molar-refractivity contribution in [3.05, 3.63) is 34.6 Å². The molecule has 17 heavy (non-hydrogen) atoms. The number of aliphatic hydroxyl groups is 1. The van der Waals surface area contributed by atoms with E-state index in [-0.39, 0.29) is 5.02 Å². The van der Waals surface area contributed by atoms with E-state index in [1.165, 1.54) is 6.07 Å². The van der Waals surface area contributed by atoms with Crippen LogP contribution in [-0.4, -0.2) is 10.7 Å². The molecule has 0 radical (unpaired) electrons. The molecule has 1 fully saturated rings. The summed E-state index contributed by atoms with van der Waals surface area (Å²) in [5, 5.41) is 10.6. The molecular formula is C14H18ClFO. The third-order valence-corrected chi connectivity index (χ3v) is 4.01. The Morgan fingerprint density at radius 3 is 2.65 bits per heavy atom. The first-order chi connectivity index (χ1) is 7.98. The van der Waals surface area contributed by atoms with Crippen LogP contribution in [0.1, 0.15) is 38.2 Å². The highest BCUT2D eigenvalue weighted by atomic mass is 35.5. The zero-order chi connectivity index (χ0) is 12.5. The third kappa shape index (κ3) is 3.20. The Bertz CT molecular complexity index is 397. The topological polar surface area (TPSA) is 20.2 Å². The van der Waals surface area contributed by atoms with Crippen molar-refractivity contribution < 1.29 is 9.50 Å². The molecule has 0 unspecified atom stereocenters. The Morgan fingerprint density at radius 1 is 1.41 bits per heavy atom. The molecule has 1 N–H and O–H groups in total. The predicted octanol–water partition coefficient (Wildman–Crippen LogP) is 3.96. The fraction of sp³-hybridized carbons (Fsp3) is 0.571. The van der Waals surface area contributed by atoms with Gasteiger partial charge in [-0.05, 0) is 49.3 Å². The van der Waals surface area contributed by atoms with Gasteiger partial charge < -0.3 is 5.11 Å². The van der Waals surface area contributed by atoms with Gasteiger partial charge in [0.2, 0.25) is 0 Å². The lowest BCUT2D eigenvalue weighted by Crippen LogP contribution is -2.35. The quantitative estimate of drug-likeness (QED) is 0.849. The molecule has 1 saturated carbocycles. The van der Waals surface area contributed by atoms with Crippen LogP contribution in [0.25, 0.3) is 0 Å². The molecule has 0 bridgehead atoms. The van der Waals surface area contributed by atoms with E-state index in [2.05, 4.69) is 6.92 Å². The van der Waals surface area contributed by atoms with E-state index < -0.39 is 11.4 Å². The lowest BCUT2D eigenvalue weighted by atomic mass is 9.76. The average Bonchev–Trinajstić information content (AvgIpc) is 2.28. The zero-order valence-corrected chi connectivity index (χ0v) is 10.8. The number of benzene rings is 1.